The number of carbonyl (C=O) groups excluding carboxylic acids is 1. The maximum Gasteiger partial charge on any atom is 0.270 e. The molecular formula is C32H29FN8O. The third-order valence-electron chi connectivity index (χ3n) is 6.41. The van der Waals surface area contributed by atoms with Crippen molar-refractivity contribution in [1.29, 1.82) is 5.26 Å². The summed E-state index contributed by atoms with van der Waals surface area (Å²) in [7, 11) is 0. The van der Waals surface area contributed by atoms with Crippen LogP contribution in [0.15, 0.2) is 83.6 Å². The molecule has 42 heavy (non-hydrogen) atoms. The molecule has 0 bridgehead atoms. The van der Waals surface area contributed by atoms with E-state index in [-0.39, 0.29) is 17.6 Å². The first kappa shape index (κ1) is 29.4. The van der Waals surface area contributed by atoms with E-state index in [0.717, 1.165) is 23.2 Å². The van der Waals surface area contributed by atoms with Crippen molar-refractivity contribution in [2.75, 3.05) is 5.32 Å². The smallest absolute Gasteiger partial charge is 0.270 e. The number of benzene rings is 1. The second kappa shape index (κ2) is 13.2. The number of hydrogen-bond donors (Lipinski definition) is 2. The van der Waals surface area contributed by atoms with Gasteiger partial charge in [-0.05, 0) is 76.9 Å². The van der Waals surface area contributed by atoms with Crippen LogP contribution in [-0.2, 0) is 0 Å². The maximum absolute atomic E-state index is 13.7. The number of nitrogens with zero attached hydrogens (tertiary/aromatic N) is 6. The van der Waals surface area contributed by atoms with Crippen molar-refractivity contribution < 1.29 is 9.18 Å². The second-order valence-corrected chi connectivity index (χ2v) is 9.57. The molecule has 0 saturated heterocycles. The average molecular weight is 561 g/mol. The Morgan fingerprint density at radius 2 is 1.90 bits per heavy atom. The van der Waals surface area contributed by atoms with Crippen molar-refractivity contribution in [3.05, 3.63) is 113 Å². The lowest BCUT2D eigenvalue weighted by Crippen LogP contribution is -2.33. The van der Waals surface area contributed by atoms with Gasteiger partial charge in [0.05, 0.1) is 23.5 Å². The summed E-state index contributed by atoms with van der Waals surface area (Å²) in [5, 5.41) is 15.3. The average Bonchev–Trinajstić information content (AvgIpc) is 2.98. The van der Waals surface area contributed by atoms with Gasteiger partial charge in [-0.3, -0.25) is 19.8 Å². The van der Waals surface area contributed by atoms with Crippen LogP contribution in [0.25, 0.3) is 17.1 Å². The number of nitriles is 1. The van der Waals surface area contributed by atoms with Crippen molar-refractivity contribution in [2.45, 2.75) is 33.7 Å². The minimum absolute atomic E-state index is 0.239. The van der Waals surface area contributed by atoms with E-state index in [9.17, 15) is 9.18 Å². The standard InChI is InChI=1S/C32H29FN8O/c1-19(9-11-28(35-5)27-15-25(33)18-36-22(27)4)21(3)39-32(42)29-12-10-24(17-37-29)31-38-20(2)13-30(41-31)40-26-8-6-7-23(14-26)16-34/h6-15,17-18,21H,5H2,1-4H3,(H,39,42)(H,38,40,41)/b19-9+,28-11-. The predicted octanol–water partition coefficient (Wildman–Crippen LogP) is 6.11. The predicted molar refractivity (Wildman–Crippen MR) is 162 cm³/mol. The van der Waals surface area contributed by atoms with Crippen LogP contribution in [0.4, 0.5) is 15.9 Å². The van der Waals surface area contributed by atoms with E-state index in [2.05, 4.69) is 48.3 Å². The van der Waals surface area contributed by atoms with E-state index in [4.69, 9.17) is 5.26 Å². The zero-order valence-electron chi connectivity index (χ0n) is 23.7. The molecule has 1 atom stereocenters. The molecule has 10 heteroatoms. The summed E-state index contributed by atoms with van der Waals surface area (Å²) in [4.78, 5) is 34.4. The fraction of sp³-hybridized carbons (Fsp3) is 0.156. The first-order valence-corrected chi connectivity index (χ1v) is 13.0. The number of rotatable bonds is 9. The molecule has 0 aliphatic carbocycles. The molecule has 3 aromatic heterocycles. The van der Waals surface area contributed by atoms with Gasteiger partial charge in [-0.1, -0.05) is 17.7 Å². The number of pyridine rings is 2. The highest BCUT2D eigenvalue weighted by Gasteiger charge is 2.14. The van der Waals surface area contributed by atoms with Gasteiger partial charge in [0.2, 0.25) is 0 Å². The van der Waals surface area contributed by atoms with Crippen LogP contribution in [0.2, 0.25) is 0 Å². The topological polar surface area (TPSA) is 129 Å². The highest BCUT2D eigenvalue weighted by molar-refractivity contribution is 5.93. The Labute approximate surface area is 243 Å². The highest BCUT2D eigenvalue weighted by atomic mass is 19.1. The van der Waals surface area contributed by atoms with E-state index >= 15 is 0 Å². The number of aromatic nitrogens is 4. The molecular weight excluding hydrogens is 531 g/mol. The van der Waals surface area contributed by atoms with E-state index in [1.807, 2.05) is 26.8 Å². The Balaban J connectivity index is 1.45. The van der Waals surface area contributed by atoms with E-state index in [1.165, 1.54) is 6.07 Å². The number of hydrogen-bond acceptors (Lipinski definition) is 8. The molecule has 0 aliphatic heterocycles. The summed E-state index contributed by atoms with van der Waals surface area (Å²) in [6.07, 6.45) is 6.22. The van der Waals surface area contributed by atoms with Crippen molar-refractivity contribution in [3.63, 3.8) is 0 Å². The van der Waals surface area contributed by atoms with Gasteiger partial charge in [0.15, 0.2) is 5.82 Å². The fourth-order valence-corrected chi connectivity index (χ4v) is 3.97. The number of halogens is 1. The molecule has 4 aromatic rings. The lowest BCUT2D eigenvalue weighted by Gasteiger charge is -2.14. The lowest BCUT2D eigenvalue weighted by atomic mass is 10.1. The van der Waals surface area contributed by atoms with Crippen LogP contribution in [0.3, 0.4) is 0 Å². The van der Waals surface area contributed by atoms with Crippen LogP contribution >= 0.6 is 0 Å². The summed E-state index contributed by atoms with van der Waals surface area (Å²) in [6, 6.07) is 15.4. The minimum atomic E-state index is -0.460. The molecule has 4 rings (SSSR count). The first-order valence-electron chi connectivity index (χ1n) is 13.0. The zero-order valence-corrected chi connectivity index (χ0v) is 23.7. The van der Waals surface area contributed by atoms with Gasteiger partial charge in [0, 0.05) is 46.5 Å². The van der Waals surface area contributed by atoms with Crippen molar-refractivity contribution >= 4 is 29.8 Å². The van der Waals surface area contributed by atoms with Crippen molar-refractivity contribution in [2.24, 2.45) is 4.99 Å². The number of allylic oxidation sites excluding steroid dienone is 2. The number of anilines is 2. The van der Waals surface area contributed by atoms with Crippen LogP contribution < -0.4 is 10.6 Å². The van der Waals surface area contributed by atoms with Gasteiger partial charge in [-0.15, -0.1) is 0 Å². The number of aryl methyl sites for hydroxylation is 2. The van der Waals surface area contributed by atoms with Gasteiger partial charge >= 0.3 is 0 Å². The van der Waals surface area contributed by atoms with Gasteiger partial charge in [-0.25, -0.2) is 14.4 Å². The van der Waals surface area contributed by atoms with E-state index < -0.39 is 5.82 Å². The summed E-state index contributed by atoms with van der Waals surface area (Å²) in [5.74, 6) is 0.210. The molecule has 210 valence electrons. The zero-order chi connectivity index (χ0) is 30.2. The Morgan fingerprint density at radius 1 is 1.10 bits per heavy atom. The third kappa shape index (κ3) is 7.34. The minimum Gasteiger partial charge on any atom is -0.345 e. The molecule has 0 aliphatic rings. The fourth-order valence-electron chi connectivity index (χ4n) is 3.97. The quantitative estimate of drug-likeness (QED) is 0.187. The van der Waals surface area contributed by atoms with Gasteiger partial charge in [0.25, 0.3) is 5.91 Å². The van der Waals surface area contributed by atoms with Gasteiger partial charge in [-0.2, -0.15) is 5.26 Å². The largest absolute Gasteiger partial charge is 0.345 e. The lowest BCUT2D eigenvalue weighted by molar-refractivity contribution is 0.0940. The Bertz CT molecular complexity index is 1740. The third-order valence-corrected chi connectivity index (χ3v) is 6.41. The molecule has 1 aromatic carbocycles. The molecule has 1 amide bonds. The summed E-state index contributed by atoms with van der Waals surface area (Å²) in [6.45, 7) is 10.9. The molecule has 0 spiro atoms. The van der Waals surface area contributed by atoms with Crippen LogP contribution in [-0.4, -0.2) is 38.6 Å². The van der Waals surface area contributed by atoms with Crippen LogP contribution in [0, 0.1) is 31.0 Å². The highest BCUT2D eigenvalue weighted by Crippen LogP contribution is 2.22. The number of aliphatic imine (C=N–C) groups is 1. The molecule has 0 radical (unpaired) electrons. The SMILES string of the molecule is C=N/C(=C\C=C(/C)C(C)NC(=O)c1ccc(-c2nc(C)cc(Nc3cccc(C#N)c3)n2)cn1)c1cc(F)cnc1C. The van der Waals surface area contributed by atoms with Gasteiger partial charge in [0.1, 0.15) is 17.3 Å². The normalized spacial score (nSPS) is 12.3. The van der Waals surface area contributed by atoms with Crippen molar-refractivity contribution in [1.82, 2.24) is 25.3 Å². The first-order chi connectivity index (χ1) is 20.2. The molecule has 0 fully saturated rings. The summed E-state index contributed by atoms with van der Waals surface area (Å²) < 4.78 is 13.7. The summed E-state index contributed by atoms with van der Waals surface area (Å²) >= 11 is 0. The molecule has 9 nitrogen and oxygen atoms in total. The molecule has 3 heterocycles. The Hall–Kier alpha value is -5.56. The Kier molecular flexibility index (Phi) is 9.24. The van der Waals surface area contributed by atoms with Crippen LogP contribution in [0.1, 0.15) is 46.9 Å². The van der Waals surface area contributed by atoms with E-state index in [0.29, 0.717) is 39.7 Å². The molecule has 1 unspecified atom stereocenters. The van der Waals surface area contributed by atoms with Crippen molar-refractivity contribution in [3.8, 4) is 17.5 Å². The number of carbonyl (C=O) groups is 1. The monoisotopic (exact) mass is 560 g/mol. The summed E-state index contributed by atoms with van der Waals surface area (Å²) in [5.41, 5.74) is 5.39. The Morgan fingerprint density at radius 3 is 2.62 bits per heavy atom. The second-order valence-electron chi connectivity index (χ2n) is 9.57. The maximum atomic E-state index is 13.7. The van der Waals surface area contributed by atoms with E-state index in [1.54, 1.807) is 61.7 Å². The number of nitrogens with one attached hydrogen (secondary N) is 2. The number of amides is 1. The van der Waals surface area contributed by atoms with Gasteiger partial charge < -0.3 is 10.6 Å². The molecule has 2 N–H and O–H groups in total. The van der Waals surface area contributed by atoms with Crippen LogP contribution in [0.5, 0.6) is 0 Å². The molecule has 0 saturated carbocycles.